The van der Waals surface area contributed by atoms with Gasteiger partial charge in [0.15, 0.2) is 5.78 Å². The molecular weight excluding hydrogens is 396 g/mol. The van der Waals surface area contributed by atoms with Gasteiger partial charge in [-0.1, -0.05) is 0 Å². The molecule has 8 heteroatoms. The number of ketones is 1. The number of halogens is 1. The first kappa shape index (κ1) is 18.2. The summed E-state index contributed by atoms with van der Waals surface area (Å²) in [5.41, 5.74) is 5.76. The summed E-state index contributed by atoms with van der Waals surface area (Å²) in [5, 5.41) is 0. The molecule has 2 aromatic rings. The molecule has 0 saturated carbocycles. The Labute approximate surface area is 151 Å². The smallest absolute Gasteiger partial charge is 0.279 e. The topological polar surface area (TPSA) is 84.5 Å². The number of benzene rings is 1. The van der Waals surface area contributed by atoms with Crippen molar-refractivity contribution in [3.05, 3.63) is 50.1 Å². The molecule has 0 bridgehead atoms. The molecule has 0 saturated heterocycles. The van der Waals surface area contributed by atoms with E-state index in [4.69, 9.17) is 4.74 Å². The predicted molar refractivity (Wildman–Crippen MR) is 94.3 cm³/mol. The number of methoxy groups -OCH3 is 1. The Morgan fingerprint density at radius 3 is 2.50 bits per heavy atom. The second-order valence-electron chi connectivity index (χ2n) is 4.87. The van der Waals surface area contributed by atoms with E-state index in [2.05, 4.69) is 26.8 Å². The lowest BCUT2D eigenvalue weighted by Gasteiger charge is -2.10. The zero-order valence-electron chi connectivity index (χ0n) is 13.0. The Kier molecular flexibility index (Phi) is 6.10. The van der Waals surface area contributed by atoms with Gasteiger partial charge in [0.1, 0.15) is 5.75 Å². The van der Waals surface area contributed by atoms with Crippen LogP contribution in [0.25, 0.3) is 0 Å². The van der Waals surface area contributed by atoms with Gasteiger partial charge in [0.25, 0.3) is 5.91 Å². The molecule has 24 heavy (non-hydrogen) atoms. The van der Waals surface area contributed by atoms with E-state index in [9.17, 15) is 14.4 Å². The van der Waals surface area contributed by atoms with E-state index in [1.807, 2.05) is 0 Å². The van der Waals surface area contributed by atoms with Crippen molar-refractivity contribution >= 4 is 44.9 Å². The second kappa shape index (κ2) is 8.07. The van der Waals surface area contributed by atoms with E-state index in [0.717, 1.165) is 3.79 Å². The van der Waals surface area contributed by atoms with Crippen molar-refractivity contribution in [2.45, 2.75) is 13.3 Å². The lowest BCUT2D eigenvalue weighted by atomic mass is 10.0. The van der Waals surface area contributed by atoms with E-state index < -0.39 is 11.8 Å². The van der Waals surface area contributed by atoms with Crippen LogP contribution in [0, 0.1) is 0 Å². The number of carbonyl (C=O) groups excluding carboxylic acids is 3. The quantitative estimate of drug-likeness (QED) is 0.586. The van der Waals surface area contributed by atoms with E-state index in [-0.39, 0.29) is 12.2 Å². The molecule has 0 unspecified atom stereocenters. The van der Waals surface area contributed by atoms with Gasteiger partial charge < -0.3 is 4.74 Å². The molecule has 0 atom stereocenters. The normalized spacial score (nSPS) is 10.1. The first-order valence-electron chi connectivity index (χ1n) is 6.93. The third-order valence-corrected chi connectivity index (χ3v) is 4.77. The minimum absolute atomic E-state index is 0.0291. The van der Waals surface area contributed by atoms with Gasteiger partial charge in [0.2, 0.25) is 5.91 Å². The van der Waals surface area contributed by atoms with Crippen molar-refractivity contribution in [1.29, 1.82) is 0 Å². The van der Waals surface area contributed by atoms with Crippen LogP contribution >= 0.6 is 27.3 Å². The van der Waals surface area contributed by atoms with Crippen LogP contribution in [0.3, 0.4) is 0 Å². The van der Waals surface area contributed by atoms with Crippen LogP contribution in [-0.2, 0) is 11.2 Å². The number of nitrogens with one attached hydrogen (secondary N) is 2. The van der Waals surface area contributed by atoms with E-state index in [0.29, 0.717) is 21.8 Å². The summed E-state index contributed by atoms with van der Waals surface area (Å²) in [6.45, 7) is 1.45. The number of hydrogen-bond acceptors (Lipinski definition) is 5. The third-order valence-electron chi connectivity index (χ3n) is 3.15. The molecule has 0 fully saturated rings. The van der Waals surface area contributed by atoms with Crippen LogP contribution < -0.4 is 15.6 Å². The van der Waals surface area contributed by atoms with Crippen molar-refractivity contribution in [2.24, 2.45) is 0 Å². The number of thiophene rings is 1. The van der Waals surface area contributed by atoms with Crippen LogP contribution in [0.4, 0.5) is 0 Å². The molecule has 0 aliphatic rings. The molecule has 2 N–H and O–H groups in total. The van der Waals surface area contributed by atoms with Crippen molar-refractivity contribution in [1.82, 2.24) is 10.9 Å². The van der Waals surface area contributed by atoms with E-state index >= 15 is 0 Å². The van der Waals surface area contributed by atoms with Gasteiger partial charge in [-0.15, -0.1) is 11.3 Å². The number of rotatable bonds is 5. The SMILES string of the molecule is COc1ccc(C(C)=O)cc1CC(=O)NNC(=O)c1ccc(Br)s1. The minimum atomic E-state index is -0.419. The van der Waals surface area contributed by atoms with Gasteiger partial charge in [-0.25, -0.2) is 0 Å². The second-order valence-corrected chi connectivity index (χ2v) is 7.33. The molecule has 1 heterocycles. The highest BCUT2D eigenvalue weighted by Crippen LogP contribution is 2.22. The largest absolute Gasteiger partial charge is 0.496 e. The standard InChI is InChI=1S/C16H15BrN2O4S/c1-9(20)10-3-4-12(23-2)11(7-10)8-15(21)18-19-16(22)13-5-6-14(17)24-13/h3-7H,8H2,1-2H3,(H,18,21)(H,19,22). The number of amides is 2. The van der Waals surface area contributed by atoms with Crippen LogP contribution in [0.1, 0.15) is 32.5 Å². The number of hydrazine groups is 1. The Morgan fingerprint density at radius 2 is 1.92 bits per heavy atom. The maximum atomic E-state index is 12.0. The Bertz CT molecular complexity index is 788. The van der Waals surface area contributed by atoms with Crippen molar-refractivity contribution in [3.63, 3.8) is 0 Å². The summed E-state index contributed by atoms with van der Waals surface area (Å²) in [7, 11) is 1.49. The molecule has 2 rings (SSSR count). The Morgan fingerprint density at radius 1 is 1.17 bits per heavy atom. The molecule has 1 aromatic carbocycles. The molecular formula is C16H15BrN2O4S. The molecule has 0 radical (unpaired) electrons. The zero-order chi connectivity index (χ0) is 17.7. The lowest BCUT2D eigenvalue weighted by Crippen LogP contribution is -2.42. The van der Waals surface area contributed by atoms with Gasteiger partial charge >= 0.3 is 0 Å². The first-order valence-corrected chi connectivity index (χ1v) is 8.54. The van der Waals surface area contributed by atoms with Crippen LogP contribution in [0.15, 0.2) is 34.1 Å². The minimum Gasteiger partial charge on any atom is -0.496 e. The number of hydrogen-bond donors (Lipinski definition) is 2. The predicted octanol–water partition coefficient (Wildman–Crippen LogP) is 2.73. The molecule has 0 aliphatic heterocycles. The molecule has 1 aromatic heterocycles. The molecule has 6 nitrogen and oxygen atoms in total. The third kappa shape index (κ3) is 4.65. The number of ether oxygens (including phenoxy) is 1. The van der Waals surface area contributed by atoms with Gasteiger partial charge in [-0.05, 0) is 53.2 Å². The maximum Gasteiger partial charge on any atom is 0.279 e. The van der Waals surface area contributed by atoms with Crippen molar-refractivity contribution in [3.8, 4) is 5.75 Å². The summed E-state index contributed by atoms with van der Waals surface area (Å²) >= 11 is 4.53. The van der Waals surface area contributed by atoms with Gasteiger partial charge in [0, 0.05) is 11.1 Å². The van der Waals surface area contributed by atoms with Crippen molar-refractivity contribution < 1.29 is 19.1 Å². The molecule has 126 valence electrons. The van der Waals surface area contributed by atoms with Crippen LogP contribution in [-0.4, -0.2) is 24.7 Å². The highest BCUT2D eigenvalue weighted by Gasteiger charge is 2.13. The Balaban J connectivity index is 2.00. The monoisotopic (exact) mass is 410 g/mol. The number of carbonyl (C=O) groups is 3. The summed E-state index contributed by atoms with van der Waals surface area (Å²) in [4.78, 5) is 35.8. The molecule has 0 spiro atoms. The lowest BCUT2D eigenvalue weighted by molar-refractivity contribution is -0.121. The average Bonchev–Trinajstić information content (AvgIpc) is 2.99. The zero-order valence-corrected chi connectivity index (χ0v) is 15.4. The Hall–Kier alpha value is -2.19. The summed E-state index contributed by atoms with van der Waals surface area (Å²) in [6.07, 6.45) is -0.0291. The average molecular weight is 411 g/mol. The van der Waals surface area contributed by atoms with Gasteiger partial charge in [-0.3, -0.25) is 25.2 Å². The number of Topliss-reactive ketones (excluding diaryl/α,β-unsaturated/α-hetero) is 1. The van der Waals surface area contributed by atoms with Gasteiger partial charge in [0.05, 0.1) is 22.2 Å². The first-order chi connectivity index (χ1) is 11.4. The molecule has 0 aliphatic carbocycles. The van der Waals surface area contributed by atoms with Crippen molar-refractivity contribution in [2.75, 3.05) is 7.11 Å². The highest BCUT2D eigenvalue weighted by molar-refractivity contribution is 9.11. The van der Waals surface area contributed by atoms with Crippen LogP contribution in [0.5, 0.6) is 5.75 Å². The van der Waals surface area contributed by atoms with E-state index in [1.165, 1.54) is 25.4 Å². The van der Waals surface area contributed by atoms with E-state index in [1.54, 1.807) is 30.3 Å². The highest BCUT2D eigenvalue weighted by atomic mass is 79.9. The fourth-order valence-corrected chi connectivity index (χ4v) is 3.26. The summed E-state index contributed by atoms with van der Waals surface area (Å²) < 4.78 is 6.02. The van der Waals surface area contributed by atoms with Gasteiger partial charge in [-0.2, -0.15) is 0 Å². The summed E-state index contributed by atoms with van der Waals surface area (Å²) in [5.74, 6) is -0.416. The fourth-order valence-electron chi connectivity index (χ4n) is 1.98. The fraction of sp³-hybridized carbons (Fsp3) is 0.188. The maximum absolute atomic E-state index is 12.0. The summed E-state index contributed by atoms with van der Waals surface area (Å²) in [6, 6.07) is 8.29. The van der Waals surface area contributed by atoms with Crippen LogP contribution in [0.2, 0.25) is 0 Å². The molecule has 2 amide bonds.